The van der Waals surface area contributed by atoms with Gasteiger partial charge in [-0.05, 0) is 56.2 Å². The van der Waals surface area contributed by atoms with Crippen LogP contribution in [0.2, 0.25) is 0 Å². The standard InChI is InChI=1S/C28H34N8O4/c1-19-5-7-23-26(15-19)39-14-4-13-36-17-21(32-34-36)16-35(12-3-10-29-27(37)20(2)31-28(23)38)18-22-6-8-25(40-22)24-9-11-30-33-24/h5-9,11,15,17,20H,3-4,10,12-14,16,18H2,1-2H3,(H,29,37)(H,30,33)(H,31,38)/t20-/m1/s1. The predicted molar refractivity (Wildman–Crippen MR) is 146 cm³/mol. The highest BCUT2D eigenvalue weighted by Gasteiger charge is 2.20. The van der Waals surface area contributed by atoms with E-state index in [-0.39, 0.29) is 11.8 Å². The molecule has 40 heavy (non-hydrogen) atoms. The molecule has 0 radical (unpaired) electrons. The maximum atomic E-state index is 13.0. The summed E-state index contributed by atoms with van der Waals surface area (Å²) in [6.07, 6.45) is 5.01. The Labute approximate surface area is 232 Å². The van der Waals surface area contributed by atoms with Crippen molar-refractivity contribution in [3.63, 3.8) is 0 Å². The van der Waals surface area contributed by atoms with Gasteiger partial charge in [0, 0.05) is 45.0 Å². The lowest BCUT2D eigenvalue weighted by Gasteiger charge is -2.20. The van der Waals surface area contributed by atoms with Crippen LogP contribution in [0, 0.1) is 6.92 Å². The highest BCUT2D eigenvalue weighted by atomic mass is 16.5. The quantitative estimate of drug-likeness (QED) is 0.356. The van der Waals surface area contributed by atoms with Crippen LogP contribution in [0.1, 0.15) is 47.1 Å². The van der Waals surface area contributed by atoms with Gasteiger partial charge >= 0.3 is 0 Å². The zero-order valence-electron chi connectivity index (χ0n) is 22.7. The molecule has 12 nitrogen and oxygen atoms in total. The largest absolute Gasteiger partial charge is 0.493 e. The van der Waals surface area contributed by atoms with Gasteiger partial charge in [0.1, 0.15) is 23.2 Å². The molecule has 0 saturated heterocycles. The SMILES string of the molecule is Cc1ccc2c(c1)OCCCn1cc(nn1)CN(Cc1ccc(-c3ccn[nH]3)o1)CCCNC(=O)[C@@H](C)NC2=O. The number of nitrogens with one attached hydrogen (secondary N) is 3. The second-order valence-electron chi connectivity index (χ2n) is 9.96. The third-order valence-corrected chi connectivity index (χ3v) is 6.64. The number of hydrogen-bond donors (Lipinski definition) is 3. The van der Waals surface area contributed by atoms with E-state index in [9.17, 15) is 9.59 Å². The number of ether oxygens (including phenoxy) is 1. The van der Waals surface area contributed by atoms with Crippen LogP contribution in [0.3, 0.4) is 0 Å². The van der Waals surface area contributed by atoms with Crippen molar-refractivity contribution in [2.75, 3.05) is 19.7 Å². The third-order valence-electron chi connectivity index (χ3n) is 6.64. The maximum absolute atomic E-state index is 13.0. The normalized spacial score (nSPS) is 18.0. The number of aromatic amines is 1. The Balaban J connectivity index is 1.29. The summed E-state index contributed by atoms with van der Waals surface area (Å²) < 4.78 is 13.8. The molecule has 12 heteroatoms. The van der Waals surface area contributed by atoms with Crippen molar-refractivity contribution in [1.82, 2.24) is 40.7 Å². The number of aromatic nitrogens is 5. The molecule has 0 fully saturated rings. The van der Waals surface area contributed by atoms with E-state index in [0.717, 1.165) is 28.5 Å². The molecule has 4 aromatic rings. The molecule has 2 bridgehead atoms. The fraction of sp³-hybridized carbons (Fsp3) is 0.393. The van der Waals surface area contributed by atoms with Crippen molar-refractivity contribution < 1.29 is 18.7 Å². The van der Waals surface area contributed by atoms with Crippen LogP contribution < -0.4 is 15.4 Å². The lowest BCUT2D eigenvalue weighted by atomic mass is 10.1. The number of furan rings is 1. The van der Waals surface area contributed by atoms with Gasteiger partial charge in [0.2, 0.25) is 5.91 Å². The Morgan fingerprint density at radius 1 is 1.10 bits per heavy atom. The molecule has 210 valence electrons. The van der Waals surface area contributed by atoms with E-state index in [1.54, 1.807) is 23.9 Å². The number of nitrogens with zero attached hydrogens (tertiary/aromatic N) is 5. The van der Waals surface area contributed by atoms with E-state index in [2.05, 4.69) is 36.0 Å². The van der Waals surface area contributed by atoms with Gasteiger partial charge in [-0.25, -0.2) is 0 Å². The van der Waals surface area contributed by atoms with Crippen LogP contribution in [-0.4, -0.2) is 67.6 Å². The van der Waals surface area contributed by atoms with E-state index in [4.69, 9.17) is 9.15 Å². The third kappa shape index (κ3) is 6.94. The predicted octanol–water partition coefficient (Wildman–Crippen LogP) is 2.68. The van der Waals surface area contributed by atoms with Crippen molar-refractivity contribution in [2.24, 2.45) is 0 Å². The van der Waals surface area contributed by atoms with Crippen LogP contribution in [-0.2, 0) is 24.4 Å². The molecule has 3 N–H and O–H groups in total. The highest BCUT2D eigenvalue weighted by molar-refractivity contribution is 5.99. The number of fused-ring (bicyclic) bond motifs is 3. The summed E-state index contributed by atoms with van der Waals surface area (Å²) in [5, 5.41) is 21.3. The van der Waals surface area contributed by atoms with Crippen LogP contribution in [0.25, 0.3) is 11.5 Å². The lowest BCUT2D eigenvalue weighted by Crippen LogP contribution is -2.45. The lowest BCUT2D eigenvalue weighted by molar-refractivity contribution is -0.122. The van der Waals surface area contributed by atoms with Crippen LogP contribution in [0.4, 0.5) is 0 Å². The number of amides is 2. The summed E-state index contributed by atoms with van der Waals surface area (Å²) in [6.45, 7) is 6.92. The monoisotopic (exact) mass is 546 g/mol. The summed E-state index contributed by atoms with van der Waals surface area (Å²) in [4.78, 5) is 27.9. The van der Waals surface area contributed by atoms with Crippen molar-refractivity contribution in [2.45, 2.75) is 52.4 Å². The average molecular weight is 547 g/mol. The number of hydrogen-bond acceptors (Lipinski definition) is 8. The number of rotatable bonds is 3. The fourth-order valence-corrected chi connectivity index (χ4v) is 4.54. The van der Waals surface area contributed by atoms with Gasteiger partial charge in [0.05, 0.1) is 24.4 Å². The Hall–Kier alpha value is -4.45. The topological polar surface area (TPSA) is 143 Å². The first-order valence-corrected chi connectivity index (χ1v) is 13.5. The molecule has 0 spiro atoms. The first-order valence-electron chi connectivity index (χ1n) is 13.5. The Morgan fingerprint density at radius 2 is 2.00 bits per heavy atom. The van der Waals surface area contributed by atoms with Gasteiger partial charge in [-0.1, -0.05) is 11.3 Å². The number of carbonyl (C=O) groups excluding carboxylic acids is 2. The van der Waals surface area contributed by atoms with Crippen LogP contribution >= 0.6 is 0 Å². The summed E-state index contributed by atoms with van der Waals surface area (Å²) in [5.41, 5.74) is 3.03. The molecule has 1 aliphatic rings. The summed E-state index contributed by atoms with van der Waals surface area (Å²) in [7, 11) is 0. The minimum atomic E-state index is -0.696. The Kier molecular flexibility index (Phi) is 8.55. The van der Waals surface area contributed by atoms with Crippen molar-refractivity contribution in [3.05, 3.63) is 71.4 Å². The van der Waals surface area contributed by atoms with Crippen LogP contribution in [0.5, 0.6) is 5.75 Å². The average Bonchev–Trinajstić information content (AvgIpc) is 3.71. The van der Waals surface area contributed by atoms with Gasteiger partial charge in [0.15, 0.2) is 5.76 Å². The molecule has 1 aromatic carbocycles. The first kappa shape index (κ1) is 27.1. The number of aryl methyl sites for hydroxylation is 2. The summed E-state index contributed by atoms with van der Waals surface area (Å²) in [6, 6.07) is 10.4. The molecule has 5 rings (SSSR count). The molecule has 1 aliphatic heterocycles. The summed E-state index contributed by atoms with van der Waals surface area (Å²) in [5.74, 6) is 1.43. The van der Waals surface area contributed by atoms with E-state index >= 15 is 0 Å². The minimum Gasteiger partial charge on any atom is -0.493 e. The molecule has 1 atom stereocenters. The van der Waals surface area contributed by atoms with E-state index < -0.39 is 6.04 Å². The summed E-state index contributed by atoms with van der Waals surface area (Å²) >= 11 is 0. The van der Waals surface area contributed by atoms with E-state index in [1.165, 1.54) is 0 Å². The Bertz CT molecular complexity index is 1430. The molecular formula is C28H34N8O4. The van der Waals surface area contributed by atoms with Gasteiger partial charge in [-0.15, -0.1) is 5.10 Å². The molecule has 0 aliphatic carbocycles. The zero-order chi connectivity index (χ0) is 27.9. The first-order chi connectivity index (χ1) is 19.4. The second kappa shape index (κ2) is 12.6. The smallest absolute Gasteiger partial charge is 0.255 e. The van der Waals surface area contributed by atoms with Crippen LogP contribution in [0.15, 0.2) is 53.2 Å². The van der Waals surface area contributed by atoms with E-state index in [1.807, 2.05) is 43.5 Å². The van der Waals surface area contributed by atoms with E-state index in [0.29, 0.717) is 63.5 Å². The van der Waals surface area contributed by atoms with Crippen molar-refractivity contribution >= 4 is 11.8 Å². The zero-order valence-corrected chi connectivity index (χ0v) is 22.7. The molecule has 2 amide bonds. The second-order valence-corrected chi connectivity index (χ2v) is 9.96. The molecule has 4 heterocycles. The fourth-order valence-electron chi connectivity index (χ4n) is 4.54. The Morgan fingerprint density at radius 3 is 2.85 bits per heavy atom. The highest BCUT2D eigenvalue weighted by Crippen LogP contribution is 2.22. The van der Waals surface area contributed by atoms with Crippen molar-refractivity contribution in [3.8, 4) is 17.2 Å². The number of benzene rings is 1. The molecule has 0 saturated carbocycles. The molecule has 0 unspecified atom stereocenters. The van der Waals surface area contributed by atoms with Gasteiger partial charge in [-0.2, -0.15) is 5.10 Å². The van der Waals surface area contributed by atoms with Gasteiger partial charge < -0.3 is 19.8 Å². The number of carbonyl (C=O) groups is 2. The number of H-pyrrole nitrogens is 1. The van der Waals surface area contributed by atoms with Crippen molar-refractivity contribution in [1.29, 1.82) is 0 Å². The van der Waals surface area contributed by atoms with Gasteiger partial charge in [-0.3, -0.25) is 24.3 Å². The minimum absolute atomic E-state index is 0.245. The molecular weight excluding hydrogens is 512 g/mol. The molecule has 3 aromatic heterocycles. The maximum Gasteiger partial charge on any atom is 0.255 e. The van der Waals surface area contributed by atoms with Gasteiger partial charge in [0.25, 0.3) is 5.91 Å².